The summed E-state index contributed by atoms with van der Waals surface area (Å²) in [7, 11) is 2.94. The van der Waals surface area contributed by atoms with Crippen LogP contribution < -0.4 is 15.0 Å². The fourth-order valence-corrected chi connectivity index (χ4v) is 3.34. The Labute approximate surface area is 160 Å². The molecule has 0 spiro atoms. The minimum atomic E-state index is -0.448. The van der Waals surface area contributed by atoms with Crippen molar-refractivity contribution in [1.29, 1.82) is 0 Å². The van der Waals surface area contributed by atoms with Gasteiger partial charge in [-0.2, -0.15) is 0 Å². The number of carbonyl (C=O) groups excluding carboxylic acids is 2. The van der Waals surface area contributed by atoms with Gasteiger partial charge in [0.1, 0.15) is 11.8 Å². The molecule has 1 aliphatic rings. The highest BCUT2D eigenvalue weighted by molar-refractivity contribution is 9.10. The van der Waals surface area contributed by atoms with Crippen molar-refractivity contribution in [3.05, 3.63) is 52.5 Å². The van der Waals surface area contributed by atoms with Crippen molar-refractivity contribution in [2.75, 3.05) is 31.0 Å². The van der Waals surface area contributed by atoms with E-state index in [0.29, 0.717) is 28.7 Å². The summed E-state index contributed by atoms with van der Waals surface area (Å²) >= 11 is 3.34. The molecule has 1 heterocycles. The zero-order valence-corrected chi connectivity index (χ0v) is 16.1. The number of halogens is 1. The number of ether oxygens (including phenoxy) is 2. The summed E-state index contributed by atoms with van der Waals surface area (Å²) in [6.07, 6.45) is 0.666. The van der Waals surface area contributed by atoms with Crippen molar-refractivity contribution in [3.63, 3.8) is 0 Å². The van der Waals surface area contributed by atoms with Gasteiger partial charge in [-0.05, 0) is 52.7 Å². The summed E-state index contributed by atoms with van der Waals surface area (Å²) in [6.45, 7) is 0.572. The van der Waals surface area contributed by atoms with Gasteiger partial charge in [-0.25, -0.2) is 4.79 Å². The van der Waals surface area contributed by atoms with E-state index in [9.17, 15) is 9.59 Å². The van der Waals surface area contributed by atoms with Gasteiger partial charge in [0.15, 0.2) is 0 Å². The molecular weight excluding hydrogens is 400 g/mol. The smallest absolute Gasteiger partial charge is 0.339 e. The van der Waals surface area contributed by atoms with Crippen LogP contribution in [-0.2, 0) is 9.53 Å². The van der Waals surface area contributed by atoms with Crippen LogP contribution in [0, 0.1) is 0 Å². The van der Waals surface area contributed by atoms with Crippen molar-refractivity contribution in [2.24, 2.45) is 0 Å². The summed E-state index contributed by atoms with van der Waals surface area (Å²) in [6, 6.07) is 12.4. The number of nitrogens with one attached hydrogen (secondary N) is 1. The summed E-state index contributed by atoms with van der Waals surface area (Å²) < 4.78 is 10.6. The molecule has 0 bridgehead atoms. The number of nitrogens with zero attached hydrogens (tertiary/aromatic N) is 1. The largest absolute Gasteiger partial charge is 0.497 e. The minimum absolute atomic E-state index is 0.0361. The highest BCUT2D eigenvalue weighted by Crippen LogP contribution is 2.29. The predicted octanol–water partition coefficient (Wildman–Crippen LogP) is 3.46. The Kier molecular flexibility index (Phi) is 5.46. The molecule has 1 saturated heterocycles. The second-order valence-electron chi connectivity index (χ2n) is 5.86. The lowest BCUT2D eigenvalue weighted by Gasteiger charge is -2.19. The first-order valence-electron chi connectivity index (χ1n) is 8.13. The molecule has 0 radical (unpaired) electrons. The first-order valence-corrected chi connectivity index (χ1v) is 8.92. The zero-order chi connectivity index (χ0) is 18.7. The normalized spacial score (nSPS) is 16.5. The van der Waals surface area contributed by atoms with E-state index in [2.05, 4.69) is 21.2 Å². The second kappa shape index (κ2) is 7.78. The third kappa shape index (κ3) is 3.67. The molecule has 0 saturated carbocycles. The van der Waals surface area contributed by atoms with E-state index in [1.807, 2.05) is 30.3 Å². The molecule has 2 aromatic carbocycles. The molecule has 7 heteroatoms. The lowest BCUT2D eigenvalue weighted by molar-refractivity contribution is -0.117. The van der Waals surface area contributed by atoms with Crippen molar-refractivity contribution in [1.82, 2.24) is 0 Å². The number of anilines is 2. The Balaban J connectivity index is 1.77. The van der Waals surface area contributed by atoms with E-state index in [1.165, 1.54) is 7.11 Å². The molecule has 1 N–H and O–H groups in total. The van der Waals surface area contributed by atoms with E-state index >= 15 is 0 Å². The number of rotatable bonds is 5. The van der Waals surface area contributed by atoms with Crippen molar-refractivity contribution >= 4 is 39.2 Å². The number of esters is 1. The van der Waals surface area contributed by atoms with Crippen molar-refractivity contribution < 1.29 is 19.1 Å². The summed E-state index contributed by atoms with van der Waals surface area (Å²) in [4.78, 5) is 26.4. The molecule has 2 aromatic rings. The molecule has 0 aliphatic carbocycles. The number of carbonyl (C=O) groups is 2. The highest BCUT2D eigenvalue weighted by atomic mass is 79.9. The molecule has 1 atom stereocenters. The topological polar surface area (TPSA) is 67.9 Å². The van der Waals surface area contributed by atoms with E-state index in [4.69, 9.17) is 9.47 Å². The van der Waals surface area contributed by atoms with Crippen LogP contribution in [-0.4, -0.2) is 38.7 Å². The number of hydrogen-bond donors (Lipinski definition) is 1. The van der Waals surface area contributed by atoms with Crippen LogP contribution in [0.4, 0.5) is 11.4 Å². The quantitative estimate of drug-likeness (QED) is 0.752. The maximum atomic E-state index is 12.8. The Bertz CT molecular complexity index is 840. The summed E-state index contributed by atoms with van der Waals surface area (Å²) in [5.41, 5.74) is 1.89. The molecule has 1 amide bonds. The standard InChI is InChI=1S/C19H19BrN2O4/c1-25-14-5-3-4-12(10-14)21-17-8-9-22(18(17)23)13-6-7-16(20)15(11-13)19(24)26-2/h3-7,10-11,17,21H,8-9H2,1-2H3. The summed E-state index contributed by atoms with van der Waals surface area (Å²) in [5, 5.41) is 3.25. The van der Waals surface area contributed by atoms with Gasteiger partial charge in [0.2, 0.25) is 5.91 Å². The molecule has 136 valence electrons. The second-order valence-corrected chi connectivity index (χ2v) is 6.72. The Morgan fingerprint density at radius 1 is 1.23 bits per heavy atom. The Hall–Kier alpha value is -2.54. The first kappa shape index (κ1) is 18.3. The zero-order valence-electron chi connectivity index (χ0n) is 14.5. The molecule has 0 aromatic heterocycles. The predicted molar refractivity (Wildman–Crippen MR) is 103 cm³/mol. The van der Waals surface area contributed by atoms with Crippen LogP contribution in [0.3, 0.4) is 0 Å². The van der Waals surface area contributed by atoms with E-state index in [1.54, 1.807) is 24.1 Å². The number of benzene rings is 2. The van der Waals surface area contributed by atoms with Gasteiger partial charge in [0.05, 0.1) is 19.8 Å². The number of methoxy groups -OCH3 is 2. The van der Waals surface area contributed by atoms with Gasteiger partial charge in [-0.15, -0.1) is 0 Å². The number of amides is 1. The molecule has 3 rings (SSSR count). The van der Waals surface area contributed by atoms with Crippen molar-refractivity contribution in [3.8, 4) is 5.75 Å². The molecule has 6 nitrogen and oxygen atoms in total. The SMILES string of the molecule is COC(=O)c1cc(N2CCC(Nc3cccc(OC)c3)C2=O)ccc1Br. The van der Waals surface area contributed by atoms with Gasteiger partial charge in [0, 0.05) is 28.5 Å². The molecule has 1 aliphatic heterocycles. The van der Waals surface area contributed by atoms with E-state index < -0.39 is 5.97 Å². The van der Waals surface area contributed by atoms with Crippen molar-refractivity contribution in [2.45, 2.75) is 12.5 Å². The monoisotopic (exact) mass is 418 g/mol. The Morgan fingerprint density at radius 3 is 2.77 bits per heavy atom. The fourth-order valence-electron chi connectivity index (χ4n) is 2.93. The van der Waals surface area contributed by atoms with Crippen LogP contribution in [0.1, 0.15) is 16.8 Å². The van der Waals surface area contributed by atoms with Gasteiger partial charge >= 0.3 is 5.97 Å². The lowest BCUT2D eigenvalue weighted by atomic mass is 10.2. The number of hydrogen-bond acceptors (Lipinski definition) is 5. The van der Waals surface area contributed by atoms with Gasteiger partial charge in [0.25, 0.3) is 0 Å². The third-order valence-corrected chi connectivity index (χ3v) is 4.97. The molecular formula is C19H19BrN2O4. The van der Waals surface area contributed by atoms with E-state index in [-0.39, 0.29) is 11.9 Å². The molecule has 1 fully saturated rings. The van der Waals surface area contributed by atoms with Gasteiger partial charge in [-0.1, -0.05) is 6.07 Å². The summed E-state index contributed by atoms with van der Waals surface area (Å²) in [5.74, 6) is 0.246. The van der Waals surface area contributed by atoms with Crippen LogP contribution in [0.5, 0.6) is 5.75 Å². The average molecular weight is 419 g/mol. The highest BCUT2D eigenvalue weighted by Gasteiger charge is 2.33. The van der Waals surface area contributed by atoms with Crippen LogP contribution >= 0.6 is 15.9 Å². The van der Waals surface area contributed by atoms with Crippen LogP contribution in [0.25, 0.3) is 0 Å². The van der Waals surface area contributed by atoms with Crippen LogP contribution in [0.15, 0.2) is 46.9 Å². The Morgan fingerprint density at radius 2 is 2.04 bits per heavy atom. The minimum Gasteiger partial charge on any atom is -0.497 e. The lowest BCUT2D eigenvalue weighted by Crippen LogP contribution is -2.33. The van der Waals surface area contributed by atoms with Crippen LogP contribution in [0.2, 0.25) is 0 Å². The maximum Gasteiger partial charge on any atom is 0.339 e. The van der Waals surface area contributed by atoms with E-state index in [0.717, 1.165) is 11.4 Å². The van der Waals surface area contributed by atoms with Gasteiger partial charge < -0.3 is 19.7 Å². The third-order valence-electron chi connectivity index (χ3n) is 4.28. The fraction of sp³-hybridized carbons (Fsp3) is 0.263. The maximum absolute atomic E-state index is 12.8. The molecule has 1 unspecified atom stereocenters. The average Bonchev–Trinajstić information content (AvgIpc) is 3.02. The molecule has 26 heavy (non-hydrogen) atoms. The van der Waals surface area contributed by atoms with Gasteiger partial charge in [-0.3, -0.25) is 4.79 Å². The first-order chi connectivity index (χ1) is 12.5.